The monoisotopic (exact) mass is 416 g/mol. The van der Waals surface area contributed by atoms with Crippen LogP contribution in [0.15, 0.2) is 59.7 Å². The van der Waals surface area contributed by atoms with E-state index in [0.29, 0.717) is 24.2 Å². The maximum atomic E-state index is 12.9. The molecule has 6 nitrogen and oxygen atoms in total. The summed E-state index contributed by atoms with van der Waals surface area (Å²) in [4.78, 5) is 36.8. The molecule has 0 aromatic heterocycles. The molecule has 1 fully saturated rings. The Kier molecular flexibility index (Phi) is 8.27. The summed E-state index contributed by atoms with van der Waals surface area (Å²) in [7, 11) is 1.91. The molecule has 0 bridgehead atoms. The van der Waals surface area contributed by atoms with Gasteiger partial charge in [0.25, 0.3) is 0 Å². The number of hydrogen-bond donors (Lipinski definition) is 2. The number of carbonyl (C=O) groups is 3. The fourth-order valence-corrected chi connectivity index (χ4v) is 3.06. The van der Waals surface area contributed by atoms with Gasteiger partial charge >= 0.3 is 11.9 Å². The van der Waals surface area contributed by atoms with Gasteiger partial charge in [0.05, 0.1) is 11.1 Å². The molecule has 1 aliphatic rings. The summed E-state index contributed by atoms with van der Waals surface area (Å²) in [6, 6.07) is 12.7. The molecular formula is C22H19KNO5. The van der Waals surface area contributed by atoms with Crippen LogP contribution < -0.4 is 0 Å². The number of likely N-dealkylation sites (tertiary alicyclic amines) is 1. The summed E-state index contributed by atoms with van der Waals surface area (Å²) >= 11 is 0. The topological polar surface area (TPSA) is 94.9 Å². The van der Waals surface area contributed by atoms with Crippen molar-refractivity contribution in [2.45, 2.75) is 0 Å². The number of hydrogen-bond acceptors (Lipinski definition) is 4. The number of Topliss-reactive ketones (excluding diaryl/α,β-unsaturated/α-hetero) is 1. The summed E-state index contributed by atoms with van der Waals surface area (Å²) in [6.07, 6.45) is 3.54. The van der Waals surface area contributed by atoms with Crippen molar-refractivity contribution in [2.75, 3.05) is 20.1 Å². The maximum absolute atomic E-state index is 12.9. The summed E-state index contributed by atoms with van der Waals surface area (Å²) < 4.78 is 0. The van der Waals surface area contributed by atoms with E-state index in [-0.39, 0.29) is 68.3 Å². The number of carbonyl (C=O) groups excluding carboxylic acids is 1. The molecule has 29 heavy (non-hydrogen) atoms. The van der Waals surface area contributed by atoms with Crippen LogP contribution in [0.2, 0.25) is 0 Å². The fourth-order valence-electron chi connectivity index (χ4n) is 3.06. The van der Waals surface area contributed by atoms with Crippen LogP contribution in [0.1, 0.15) is 31.8 Å². The Morgan fingerprint density at radius 1 is 0.793 bits per heavy atom. The van der Waals surface area contributed by atoms with Gasteiger partial charge in [-0.1, -0.05) is 24.3 Å². The molecule has 0 amide bonds. The molecular weight excluding hydrogens is 397 g/mol. The number of nitrogens with zero attached hydrogens (tertiary/aromatic N) is 1. The molecule has 0 saturated carbocycles. The van der Waals surface area contributed by atoms with E-state index in [9.17, 15) is 14.4 Å². The second-order valence-electron chi connectivity index (χ2n) is 6.69. The van der Waals surface area contributed by atoms with Crippen molar-refractivity contribution in [1.29, 1.82) is 0 Å². The SMILES string of the molecule is CN1CC(=Cc2ccc(C(=O)O)cc2)C(=O)C(=Cc2ccc(C(=O)O)cc2)C1.[K]. The van der Waals surface area contributed by atoms with Gasteiger partial charge in [-0.2, -0.15) is 0 Å². The number of carboxylic acid groups (broad SMARTS) is 2. The smallest absolute Gasteiger partial charge is 0.335 e. The van der Waals surface area contributed by atoms with Gasteiger partial charge in [0.15, 0.2) is 5.78 Å². The Balaban J connectivity index is 0.00000300. The third-order valence-electron chi connectivity index (χ3n) is 4.46. The van der Waals surface area contributed by atoms with Crippen LogP contribution in [-0.2, 0) is 4.79 Å². The summed E-state index contributed by atoms with van der Waals surface area (Å²) in [5, 5.41) is 18.0. The predicted molar refractivity (Wildman–Crippen MR) is 111 cm³/mol. The van der Waals surface area contributed by atoms with E-state index in [0.717, 1.165) is 11.1 Å². The largest absolute Gasteiger partial charge is 0.478 e. The first-order valence-electron chi connectivity index (χ1n) is 8.64. The van der Waals surface area contributed by atoms with Gasteiger partial charge in [0.2, 0.25) is 0 Å². The molecule has 2 N–H and O–H groups in total. The molecule has 0 atom stereocenters. The molecule has 1 heterocycles. The number of rotatable bonds is 4. The Morgan fingerprint density at radius 2 is 1.14 bits per heavy atom. The summed E-state index contributed by atoms with van der Waals surface area (Å²) in [5.41, 5.74) is 3.14. The zero-order valence-electron chi connectivity index (χ0n) is 16.3. The molecule has 0 unspecified atom stereocenters. The third-order valence-corrected chi connectivity index (χ3v) is 4.46. The molecule has 2 aromatic rings. The third kappa shape index (κ3) is 6.05. The first kappa shape index (κ1) is 23.4. The van der Waals surface area contributed by atoms with Gasteiger partial charge in [0, 0.05) is 75.6 Å². The second kappa shape index (κ2) is 10.2. The maximum Gasteiger partial charge on any atom is 0.335 e. The number of benzene rings is 2. The molecule has 3 rings (SSSR count). The van der Waals surface area contributed by atoms with Gasteiger partial charge in [0.1, 0.15) is 0 Å². The van der Waals surface area contributed by atoms with Crippen LogP contribution in [0.25, 0.3) is 12.2 Å². The Labute approximate surface area is 211 Å². The molecule has 2 aromatic carbocycles. The zero-order chi connectivity index (χ0) is 20.3. The van der Waals surface area contributed by atoms with Crippen molar-refractivity contribution in [2.24, 2.45) is 0 Å². The number of likely N-dealkylation sites (N-methyl/N-ethyl adjacent to an activating group) is 1. The standard InChI is InChI=1S/C22H19NO5.K/c1-23-12-18(10-14-2-6-16(7-3-14)21(25)26)20(24)19(13-23)11-15-4-8-17(9-5-15)22(27)28;/h2-11H,12-13H2,1H3,(H,25,26)(H,27,28);. The molecule has 143 valence electrons. The van der Waals surface area contributed by atoms with Crippen molar-refractivity contribution in [3.05, 3.63) is 81.9 Å². The van der Waals surface area contributed by atoms with E-state index < -0.39 is 11.9 Å². The van der Waals surface area contributed by atoms with Gasteiger partial charge < -0.3 is 10.2 Å². The number of carboxylic acids is 2. The number of aromatic carboxylic acids is 2. The van der Waals surface area contributed by atoms with Gasteiger partial charge in [-0.15, -0.1) is 0 Å². The van der Waals surface area contributed by atoms with Crippen molar-refractivity contribution >= 4 is 81.3 Å². The number of piperidine rings is 1. The molecule has 7 heteroatoms. The van der Waals surface area contributed by atoms with Crippen molar-refractivity contribution in [1.82, 2.24) is 4.90 Å². The Morgan fingerprint density at radius 3 is 1.45 bits per heavy atom. The van der Waals surface area contributed by atoms with E-state index in [1.165, 1.54) is 24.3 Å². The van der Waals surface area contributed by atoms with E-state index in [1.807, 2.05) is 11.9 Å². The van der Waals surface area contributed by atoms with Crippen LogP contribution in [0.4, 0.5) is 0 Å². The van der Waals surface area contributed by atoms with Gasteiger partial charge in [-0.3, -0.25) is 9.69 Å². The first-order chi connectivity index (χ1) is 13.3. The normalized spacial score (nSPS) is 17.2. The molecule has 1 saturated heterocycles. The second-order valence-corrected chi connectivity index (χ2v) is 6.69. The zero-order valence-corrected chi connectivity index (χ0v) is 19.4. The van der Waals surface area contributed by atoms with Gasteiger partial charge in [-0.25, -0.2) is 9.59 Å². The molecule has 0 aliphatic carbocycles. The van der Waals surface area contributed by atoms with Crippen LogP contribution in [0, 0.1) is 0 Å². The van der Waals surface area contributed by atoms with Crippen LogP contribution in [0.3, 0.4) is 0 Å². The van der Waals surface area contributed by atoms with E-state index in [1.54, 1.807) is 36.4 Å². The minimum atomic E-state index is -0.994. The van der Waals surface area contributed by atoms with Crippen molar-refractivity contribution in [3.8, 4) is 0 Å². The van der Waals surface area contributed by atoms with Crippen LogP contribution >= 0.6 is 0 Å². The van der Waals surface area contributed by atoms with Gasteiger partial charge in [-0.05, 0) is 54.6 Å². The Hall–Kier alpha value is -1.87. The quantitative estimate of drug-likeness (QED) is 0.588. The summed E-state index contributed by atoms with van der Waals surface area (Å²) in [6.45, 7) is 0.990. The van der Waals surface area contributed by atoms with Crippen molar-refractivity contribution in [3.63, 3.8) is 0 Å². The minimum Gasteiger partial charge on any atom is -0.478 e. The minimum absolute atomic E-state index is 0. The van der Waals surface area contributed by atoms with Crippen molar-refractivity contribution < 1.29 is 24.6 Å². The van der Waals surface area contributed by atoms with Crippen LogP contribution in [0.5, 0.6) is 0 Å². The molecule has 1 radical (unpaired) electrons. The van der Waals surface area contributed by atoms with E-state index in [4.69, 9.17) is 10.2 Å². The van der Waals surface area contributed by atoms with Crippen LogP contribution in [-0.4, -0.2) is 104 Å². The average molecular weight is 416 g/mol. The molecule has 1 aliphatic heterocycles. The fraction of sp³-hybridized carbons (Fsp3) is 0.136. The predicted octanol–water partition coefficient (Wildman–Crippen LogP) is 2.68. The summed E-state index contributed by atoms with van der Waals surface area (Å²) in [5.74, 6) is -2.05. The Bertz CT molecular complexity index is 911. The number of ketones is 1. The first-order valence-corrected chi connectivity index (χ1v) is 8.64. The molecule has 0 spiro atoms. The average Bonchev–Trinajstić information content (AvgIpc) is 2.66. The van der Waals surface area contributed by atoms with E-state index >= 15 is 0 Å². The van der Waals surface area contributed by atoms with E-state index in [2.05, 4.69) is 0 Å².